The molecule has 124 valence electrons. The molecule has 1 aromatic rings. The van der Waals surface area contributed by atoms with Crippen molar-refractivity contribution in [2.45, 2.75) is 33.7 Å². The maximum Gasteiger partial charge on any atom is 0.318 e. The Kier molecular flexibility index (Phi) is 9.45. The van der Waals surface area contributed by atoms with Crippen molar-refractivity contribution in [1.29, 1.82) is 0 Å². The van der Waals surface area contributed by atoms with Gasteiger partial charge in [-0.15, -0.1) is 0 Å². The van der Waals surface area contributed by atoms with Gasteiger partial charge in [0.15, 0.2) is 0 Å². The predicted octanol–water partition coefficient (Wildman–Crippen LogP) is -1.40. The number of anilines is 1. The Hall–Kier alpha value is -1.59. The Morgan fingerprint density at radius 2 is 2.00 bits per heavy atom. The van der Waals surface area contributed by atoms with Crippen molar-refractivity contribution in [2.75, 3.05) is 11.9 Å². The molecule has 5 nitrogen and oxygen atoms in total. The summed E-state index contributed by atoms with van der Waals surface area (Å²) in [7, 11) is 0. The van der Waals surface area contributed by atoms with E-state index in [1.165, 1.54) is 0 Å². The fourth-order valence-electron chi connectivity index (χ4n) is 2.06. The number of hydrogen-bond donors (Lipinski definition) is 2. The van der Waals surface area contributed by atoms with Crippen LogP contribution < -0.4 is 23.5 Å². The minimum absolute atomic E-state index is 0. The van der Waals surface area contributed by atoms with Crippen LogP contribution in [-0.4, -0.2) is 18.5 Å². The smallest absolute Gasteiger partial charge is 0.318 e. The second-order valence-electron chi connectivity index (χ2n) is 5.37. The molecule has 0 bridgehead atoms. The summed E-state index contributed by atoms with van der Waals surface area (Å²) in [5.41, 5.74) is 5.53. The SMILES string of the molecule is CCOC(=O)C(CC(C)C)C(=O)Nc1cccc(C[NH3+])c1.[Cl-]. The largest absolute Gasteiger partial charge is 1.00 e. The van der Waals surface area contributed by atoms with Gasteiger partial charge in [-0.25, -0.2) is 0 Å². The minimum atomic E-state index is -0.770. The lowest BCUT2D eigenvalue weighted by Crippen LogP contribution is -3.00. The van der Waals surface area contributed by atoms with Crippen molar-refractivity contribution < 1.29 is 32.5 Å². The molecule has 6 heteroatoms. The zero-order valence-electron chi connectivity index (χ0n) is 13.4. The van der Waals surface area contributed by atoms with E-state index < -0.39 is 11.9 Å². The number of carbonyl (C=O) groups is 2. The quantitative estimate of drug-likeness (QED) is 0.477. The van der Waals surface area contributed by atoms with E-state index in [-0.39, 0.29) is 30.8 Å². The summed E-state index contributed by atoms with van der Waals surface area (Å²) in [4.78, 5) is 24.3. The van der Waals surface area contributed by atoms with Crippen LogP contribution in [0.25, 0.3) is 0 Å². The standard InChI is InChI=1S/C16H24N2O3.ClH/c1-4-21-16(20)14(8-11(2)3)15(19)18-13-7-5-6-12(9-13)10-17;/h5-7,9,11,14H,4,8,10,17H2,1-3H3,(H,18,19);1H. The molecule has 0 heterocycles. The molecule has 4 N–H and O–H groups in total. The lowest BCUT2D eigenvalue weighted by Gasteiger charge is -2.17. The van der Waals surface area contributed by atoms with E-state index in [0.717, 1.165) is 5.56 Å². The summed E-state index contributed by atoms with van der Waals surface area (Å²) in [5, 5.41) is 2.79. The highest BCUT2D eigenvalue weighted by atomic mass is 35.5. The summed E-state index contributed by atoms with van der Waals surface area (Å²) in [6, 6.07) is 7.47. The first kappa shape index (κ1) is 20.4. The van der Waals surface area contributed by atoms with Gasteiger partial charge in [-0.05, 0) is 31.4 Å². The van der Waals surface area contributed by atoms with Crippen LogP contribution in [0.2, 0.25) is 0 Å². The first-order valence-electron chi connectivity index (χ1n) is 7.33. The zero-order valence-corrected chi connectivity index (χ0v) is 14.2. The van der Waals surface area contributed by atoms with Crippen molar-refractivity contribution in [3.63, 3.8) is 0 Å². The summed E-state index contributed by atoms with van der Waals surface area (Å²) in [6.45, 7) is 6.61. The number of hydrogen-bond acceptors (Lipinski definition) is 3. The Morgan fingerprint density at radius 3 is 2.55 bits per heavy atom. The molecule has 1 unspecified atom stereocenters. The second kappa shape index (κ2) is 10.2. The number of carbonyl (C=O) groups excluding carboxylic acids is 2. The van der Waals surface area contributed by atoms with Crippen LogP contribution in [0.15, 0.2) is 24.3 Å². The molecule has 0 saturated carbocycles. The average molecular weight is 329 g/mol. The first-order chi connectivity index (χ1) is 9.97. The Labute approximate surface area is 138 Å². The summed E-state index contributed by atoms with van der Waals surface area (Å²) < 4.78 is 5.00. The molecule has 0 aliphatic rings. The molecule has 0 aliphatic carbocycles. The van der Waals surface area contributed by atoms with Crippen molar-refractivity contribution >= 4 is 17.6 Å². The third-order valence-corrected chi connectivity index (χ3v) is 3.08. The van der Waals surface area contributed by atoms with Gasteiger partial charge in [0.2, 0.25) is 5.91 Å². The maximum atomic E-state index is 12.3. The van der Waals surface area contributed by atoms with Crippen LogP contribution in [-0.2, 0) is 20.9 Å². The number of rotatable bonds is 7. The lowest BCUT2D eigenvalue weighted by atomic mass is 9.96. The third-order valence-electron chi connectivity index (χ3n) is 3.08. The van der Waals surface area contributed by atoms with E-state index in [9.17, 15) is 9.59 Å². The van der Waals surface area contributed by atoms with Gasteiger partial charge in [-0.3, -0.25) is 9.59 Å². The number of nitrogens with one attached hydrogen (secondary N) is 1. The molecule has 0 fully saturated rings. The zero-order chi connectivity index (χ0) is 15.8. The van der Waals surface area contributed by atoms with Crippen LogP contribution >= 0.6 is 0 Å². The number of ether oxygens (including phenoxy) is 1. The number of esters is 1. The van der Waals surface area contributed by atoms with E-state index in [0.29, 0.717) is 18.7 Å². The average Bonchev–Trinajstić information content (AvgIpc) is 2.44. The molecule has 0 spiro atoms. The van der Waals surface area contributed by atoms with Gasteiger partial charge >= 0.3 is 5.97 Å². The Morgan fingerprint density at radius 1 is 1.32 bits per heavy atom. The molecule has 0 radical (unpaired) electrons. The highest BCUT2D eigenvalue weighted by molar-refractivity contribution is 6.04. The van der Waals surface area contributed by atoms with Crippen molar-refractivity contribution in [2.24, 2.45) is 11.8 Å². The summed E-state index contributed by atoms with van der Waals surface area (Å²) in [5.74, 6) is -1.31. The van der Waals surface area contributed by atoms with Crippen molar-refractivity contribution in [3.05, 3.63) is 29.8 Å². The highest BCUT2D eigenvalue weighted by Gasteiger charge is 2.28. The topological polar surface area (TPSA) is 83.0 Å². The number of quaternary nitrogens is 1. The minimum Gasteiger partial charge on any atom is -1.00 e. The Balaban J connectivity index is 0.00000441. The van der Waals surface area contributed by atoms with Gasteiger partial charge in [-0.1, -0.05) is 26.0 Å². The number of amides is 1. The van der Waals surface area contributed by atoms with Gasteiger partial charge in [0.25, 0.3) is 0 Å². The Bertz CT molecular complexity index is 492. The molecular weight excluding hydrogens is 304 g/mol. The van der Waals surface area contributed by atoms with Gasteiger partial charge in [0.1, 0.15) is 5.92 Å². The van der Waals surface area contributed by atoms with Crippen LogP contribution in [0.3, 0.4) is 0 Å². The normalized spacial score (nSPS) is 11.5. The highest BCUT2D eigenvalue weighted by Crippen LogP contribution is 2.17. The summed E-state index contributed by atoms with van der Waals surface area (Å²) >= 11 is 0. The van der Waals surface area contributed by atoms with Crippen LogP contribution in [0.5, 0.6) is 0 Å². The fraction of sp³-hybridized carbons (Fsp3) is 0.500. The van der Waals surface area contributed by atoms with Crippen LogP contribution in [0.1, 0.15) is 32.8 Å². The molecule has 1 amide bonds. The molecule has 0 aliphatic heterocycles. The van der Waals surface area contributed by atoms with Gasteiger partial charge in [0.05, 0.1) is 13.2 Å². The summed E-state index contributed by atoms with van der Waals surface area (Å²) in [6.07, 6.45) is 0.472. The van der Waals surface area contributed by atoms with Crippen LogP contribution in [0.4, 0.5) is 5.69 Å². The molecule has 1 aromatic carbocycles. The molecule has 1 rings (SSSR count). The monoisotopic (exact) mass is 328 g/mol. The van der Waals surface area contributed by atoms with E-state index >= 15 is 0 Å². The molecule has 0 saturated heterocycles. The fourth-order valence-corrected chi connectivity index (χ4v) is 2.06. The molecular formula is C16H25ClN2O3. The molecule has 0 aromatic heterocycles. The van der Waals surface area contributed by atoms with E-state index in [2.05, 4.69) is 11.1 Å². The van der Waals surface area contributed by atoms with E-state index in [1.54, 1.807) is 13.0 Å². The first-order valence-corrected chi connectivity index (χ1v) is 7.33. The van der Waals surface area contributed by atoms with Gasteiger partial charge in [0, 0.05) is 11.3 Å². The second-order valence-corrected chi connectivity index (χ2v) is 5.37. The van der Waals surface area contributed by atoms with Crippen molar-refractivity contribution in [1.82, 2.24) is 0 Å². The van der Waals surface area contributed by atoms with Crippen LogP contribution in [0, 0.1) is 11.8 Å². The molecule has 22 heavy (non-hydrogen) atoms. The number of halogens is 1. The lowest BCUT2D eigenvalue weighted by molar-refractivity contribution is -0.386. The van der Waals surface area contributed by atoms with Crippen molar-refractivity contribution in [3.8, 4) is 0 Å². The third kappa shape index (κ3) is 6.45. The number of benzene rings is 1. The maximum absolute atomic E-state index is 12.3. The van der Waals surface area contributed by atoms with Gasteiger partial charge in [-0.2, -0.15) is 0 Å². The molecule has 1 atom stereocenters. The van der Waals surface area contributed by atoms with Gasteiger partial charge < -0.3 is 28.2 Å². The van der Waals surface area contributed by atoms with E-state index in [1.807, 2.05) is 32.0 Å². The van der Waals surface area contributed by atoms with E-state index in [4.69, 9.17) is 4.74 Å². The predicted molar refractivity (Wildman–Crippen MR) is 81.2 cm³/mol.